The Labute approximate surface area is 109 Å². The number of nitrogens with one attached hydrogen (secondary N) is 1. The highest BCUT2D eigenvalue weighted by atomic mass is 35.5. The normalized spacial score (nSPS) is 23.1. The van der Waals surface area contributed by atoms with E-state index < -0.39 is 10.7 Å². The van der Waals surface area contributed by atoms with Crippen LogP contribution in [0.15, 0.2) is 12.1 Å². The van der Waals surface area contributed by atoms with Gasteiger partial charge in [0.25, 0.3) is 5.69 Å². The molecule has 1 aliphatic rings. The van der Waals surface area contributed by atoms with Crippen molar-refractivity contribution in [1.82, 2.24) is 0 Å². The van der Waals surface area contributed by atoms with Crippen molar-refractivity contribution in [3.05, 3.63) is 33.1 Å². The maximum Gasteiger partial charge on any atom is 0.294 e. The van der Waals surface area contributed by atoms with Crippen LogP contribution in [0.1, 0.15) is 26.2 Å². The van der Waals surface area contributed by atoms with Gasteiger partial charge in [0, 0.05) is 18.2 Å². The smallest absolute Gasteiger partial charge is 0.294 e. The zero-order chi connectivity index (χ0) is 13.3. The van der Waals surface area contributed by atoms with Crippen molar-refractivity contribution in [2.45, 2.75) is 32.2 Å². The van der Waals surface area contributed by atoms with E-state index in [2.05, 4.69) is 12.2 Å². The minimum Gasteiger partial charge on any atom is -0.376 e. The number of nitro groups is 1. The maximum absolute atomic E-state index is 13.4. The molecule has 0 spiro atoms. The second-order valence-electron chi connectivity index (χ2n) is 4.70. The largest absolute Gasteiger partial charge is 0.376 e. The lowest BCUT2D eigenvalue weighted by atomic mass is 10.1. The molecule has 1 aromatic carbocycles. The third kappa shape index (κ3) is 2.56. The molecule has 0 aromatic heterocycles. The van der Waals surface area contributed by atoms with Crippen molar-refractivity contribution in [3.63, 3.8) is 0 Å². The van der Waals surface area contributed by atoms with Crippen LogP contribution in [0, 0.1) is 21.8 Å². The zero-order valence-corrected chi connectivity index (χ0v) is 10.7. The van der Waals surface area contributed by atoms with Gasteiger partial charge in [-0.15, -0.1) is 0 Å². The summed E-state index contributed by atoms with van der Waals surface area (Å²) in [4.78, 5) is 10.4. The Balaban J connectivity index is 2.30. The van der Waals surface area contributed by atoms with Crippen LogP contribution in [0.5, 0.6) is 0 Å². The molecule has 2 unspecified atom stereocenters. The van der Waals surface area contributed by atoms with Crippen LogP contribution in [0.3, 0.4) is 0 Å². The second-order valence-corrected chi connectivity index (χ2v) is 5.11. The molecule has 6 heteroatoms. The predicted molar refractivity (Wildman–Crippen MR) is 68.5 cm³/mol. The first-order chi connectivity index (χ1) is 8.49. The summed E-state index contributed by atoms with van der Waals surface area (Å²) in [5, 5.41) is 13.8. The number of hydrogen-bond donors (Lipinski definition) is 1. The molecule has 0 bridgehead atoms. The summed E-state index contributed by atoms with van der Waals surface area (Å²) in [5.41, 5.74) is 0.0288. The van der Waals surface area contributed by atoms with Gasteiger partial charge in [0.05, 0.1) is 9.95 Å². The van der Waals surface area contributed by atoms with Gasteiger partial charge in [-0.25, -0.2) is 4.39 Å². The predicted octanol–water partition coefficient (Wildman–Crippen LogP) is 3.99. The summed E-state index contributed by atoms with van der Waals surface area (Å²) in [6.45, 7) is 2.09. The fraction of sp³-hybridized carbons (Fsp3) is 0.500. The van der Waals surface area contributed by atoms with Crippen molar-refractivity contribution in [2.75, 3.05) is 5.32 Å². The summed E-state index contributed by atoms with van der Waals surface area (Å²) in [6, 6.07) is 2.31. The number of hydrogen-bond acceptors (Lipinski definition) is 3. The van der Waals surface area contributed by atoms with Gasteiger partial charge in [-0.05, 0) is 18.8 Å². The molecule has 0 aliphatic heterocycles. The zero-order valence-electron chi connectivity index (χ0n) is 9.95. The lowest BCUT2D eigenvalue weighted by Gasteiger charge is -2.18. The average Bonchev–Trinajstić information content (AvgIpc) is 2.69. The summed E-state index contributed by atoms with van der Waals surface area (Å²) in [5.74, 6) is -0.209. The van der Waals surface area contributed by atoms with Gasteiger partial charge in [0.1, 0.15) is 11.5 Å². The molecule has 0 saturated heterocycles. The van der Waals surface area contributed by atoms with E-state index in [0.29, 0.717) is 5.92 Å². The van der Waals surface area contributed by atoms with E-state index >= 15 is 0 Å². The Morgan fingerprint density at radius 1 is 1.50 bits per heavy atom. The van der Waals surface area contributed by atoms with Gasteiger partial charge in [0.2, 0.25) is 0 Å². The Kier molecular flexibility index (Phi) is 3.71. The Bertz CT molecular complexity index is 481. The molecule has 18 heavy (non-hydrogen) atoms. The quantitative estimate of drug-likeness (QED) is 0.669. The molecule has 1 saturated carbocycles. The van der Waals surface area contributed by atoms with Gasteiger partial charge in [-0.2, -0.15) is 0 Å². The number of rotatable bonds is 3. The molecular formula is C12H14ClFN2O2. The molecule has 2 rings (SSSR count). The van der Waals surface area contributed by atoms with Crippen molar-refractivity contribution >= 4 is 23.0 Å². The Hall–Kier alpha value is -1.36. The van der Waals surface area contributed by atoms with Crippen LogP contribution in [-0.2, 0) is 0 Å². The van der Waals surface area contributed by atoms with Crippen molar-refractivity contribution in [2.24, 2.45) is 5.92 Å². The van der Waals surface area contributed by atoms with E-state index in [9.17, 15) is 14.5 Å². The molecule has 4 nitrogen and oxygen atoms in total. The number of nitro benzene ring substituents is 1. The fourth-order valence-electron chi connectivity index (χ4n) is 2.36. The maximum atomic E-state index is 13.4. The standard InChI is InChI=1S/C12H14ClFN2O2/c1-7-3-2-4-10(7)15-11-6-9(14)8(13)5-12(11)16(17)18/h5-7,10,15H,2-4H2,1H3. The Morgan fingerprint density at radius 3 is 2.78 bits per heavy atom. The average molecular weight is 273 g/mol. The number of benzene rings is 1. The molecule has 98 valence electrons. The lowest BCUT2D eigenvalue weighted by molar-refractivity contribution is -0.384. The van der Waals surface area contributed by atoms with Crippen LogP contribution in [-0.4, -0.2) is 11.0 Å². The molecule has 1 N–H and O–H groups in total. The van der Waals surface area contributed by atoms with E-state index in [1.165, 1.54) is 0 Å². The first-order valence-electron chi connectivity index (χ1n) is 5.89. The monoisotopic (exact) mass is 272 g/mol. The van der Waals surface area contributed by atoms with Gasteiger partial charge in [-0.3, -0.25) is 10.1 Å². The van der Waals surface area contributed by atoms with Crippen LogP contribution in [0.2, 0.25) is 5.02 Å². The first kappa shape index (κ1) is 13.1. The molecule has 0 heterocycles. The fourth-order valence-corrected chi connectivity index (χ4v) is 2.52. The van der Waals surface area contributed by atoms with E-state index in [-0.39, 0.29) is 22.4 Å². The molecule has 2 atom stereocenters. The highest BCUT2D eigenvalue weighted by Crippen LogP contribution is 2.34. The van der Waals surface area contributed by atoms with Crippen molar-refractivity contribution < 1.29 is 9.31 Å². The van der Waals surface area contributed by atoms with Gasteiger partial charge < -0.3 is 5.32 Å². The molecule has 1 aromatic rings. The van der Waals surface area contributed by atoms with E-state index in [1.54, 1.807) is 0 Å². The topological polar surface area (TPSA) is 55.2 Å². The number of anilines is 1. The Morgan fingerprint density at radius 2 is 2.22 bits per heavy atom. The summed E-state index contributed by atoms with van der Waals surface area (Å²) in [6.07, 6.45) is 3.12. The molecular weight excluding hydrogens is 259 g/mol. The molecule has 1 fully saturated rings. The summed E-state index contributed by atoms with van der Waals surface area (Å²) in [7, 11) is 0. The van der Waals surface area contributed by atoms with E-state index in [1.807, 2.05) is 0 Å². The molecule has 1 aliphatic carbocycles. The summed E-state index contributed by atoms with van der Waals surface area (Å²) >= 11 is 5.57. The first-order valence-corrected chi connectivity index (χ1v) is 6.27. The number of nitrogens with zero attached hydrogens (tertiary/aromatic N) is 1. The molecule has 0 amide bonds. The van der Waals surface area contributed by atoms with E-state index in [4.69, 9.17) is 11.6 Å². The SMILES string of the molecule is CC1CCCC1Nc1cc(F)c(Cl)cc1[N+](=O)[O-]. The van der Waals surface area contributed by atoms with Gasteiger partial charge in [-0.1, -0.05) is 24.9 Å². The third-order valence-electron chi connectivity index (χ3n) is 3.44. The lowest BCUT2D eigenvalue weighted by Crippen LogP contribution is -2.22. The number of halogens is 2. The van der Waals surface area contributed by atoms with Crippen LogP contribution in [0.25, 0.3) is 0 Å². The highest BCUT2D eigenvalue weighted by Gasteiger charge is 2.26. The third-order valence-corrected chi connectivity index (χ3v) is 3.73. The summed E-state index contributed by atoms with van der Waals surface area (Å²) < 4.78 is 13.4. The van der Waals surface area contributed by atoms with Crippen LogP contribution >= 0.6 is 11.6 Å². The van der Waals surface area contributed by atoms with Gasteiger partial charge in [0.15, 0.2) is 0 Å². The van der Waals surface area contributed by atoms with Crippen molar-refractivity contribution in [1.29, 1.82) is 0 Å². The van der Waals surface area contributed by atoms with Gasteiger partial charge >= 0.3 is 0 Å². The van der Waals surface area contributed by atoms with Crippen LogP contribution in [0.4, 0.5) is 15.8 Å². The minimum atomic E-state index is -0.643. The highest BCUT2D eigenvalue weighted by molar-refractivity contribution is 6.31. The minimum absolute atomic E-state index is 0.157. The molecule has 0 radical (unpaired) electrons. The van der Waals surface area contributed by atoms with Crippen LogP contribution < -0.4 is 5.32 Å². The van der Waals surface area contributed by atoms with Crippen molar-refractivity contribution in [3.8, 4) is 0 Å². The van der Waals surface area contributed by atoms with E-state index in [0.717, 1.165) is 31.4 Å². The second kappa shape index (κ2) is 5.10.